The summed E-state index contributed by atoms with van der Waals surface area (Å²) in [6.45, 7) is 11.5. The third kappa shape index (κ3) is 15.0. The van der Waals surface area contributed by atoms with Crippen LogP contribution >= 0.6 is 23.4 Å². The van der Waals surface area contributed by atoms with Gasteiger partial charge >= 0.3 is 11.5 Å². The number of hydrogen-bond donors (Lipinski definition) is 3. The summed E-state index contributed by atoms with van der Waals surface area (Å²) in [5, 5.41) is 5.87. The molecule has 4 aromatic carbocycles. The minimum absolute atomic E-state index is 0.0292. The zero-order chi connectivity index (χ0) is 57.7. The smallest absolute Gasteiger partial charge is 0.380 e. The summed E-state index contributed by atoms with van der Waals surface area (Å²) >= 11 is 7.61. The first kappa shape index (κ1) is 59.5. The van der Waals surface area contributed by atoms with Crippen LogP contribution in [0.3, 0.4) is 0 Å². The number of allylic oxidation sites excluding steroid dienone is 1. The number of rotatable bonds is 19. The highest BCUT2D eigenvalue weighted by atomic mass is 35.5. The number of aromatic nitrogens is 1. The van der Waals surface area contributed by atoms with Crippen LogP contribution in [-0.4, -0.2) is 144 Å². The molecule has 0 unspecified atom stereocenters. The molecule has 81 heavy (non-hydrogen) atoms. The fourth-order valence-electron chi connectivity index (χ4n) is 10.6. The molecule has 3 fully saturated rings. The summed E-state index contributed by atoms with van der Waals surface area (Å²) in [7, 11) is -11.1. The van der Waals surface area contributed by atoms with Crippen molar-refractivity contribution in [3.8, 4) is 0 Å². The number of benzene rings is 4. The van der Waals surface area contributed by atoms with E-state index in [-0.39, 0.29) is 35.4 Å². The molecule has 5 aromatic rings. The van der Waals surface area contributed by atoms with Crippen LogP contribution in [0.2, 0.25) is 5.02 Å². The molecule has 1 aliphatic carbocycles. The van der Waals surface area contributed by atoms with Crippen LogP contribution in [0.4, 0.5) is 39.4 Å². The Hall–Kier alpha value is -6.08. The lowest BCUT2D eigenvalue weighted by atomic mass is 9.73. The van der Waals surface area contributed by atoms with Crippen LogP contribution in [0.1, 0.15) is 67.6 Å². The fraction of sp³-hybridized carbons (Fsp3) is 0.404. The molecule has 3 N–H and O–H groups in total. The number of amides is 4. The third-order valence-corrected chi connectivity index (χ3v) is 19.4. The topological polar surface area (TPSA) is 185 Å². The molecule has 1 aromatic heterocycles. The Labute approximate surface area is 479 Å². The Morgan fingerprint density at radius 2 is 1.47 bits per heavy atom. The van der Waals surface area contributed by atoms with Crippen molar-refractivity contribution in [2.24, 2.45) is 5.41 Å². The first-order valence-electron chi connectivity index (χ1n) is 26.7. The third-order valence-electron chi connectivity index (χ3n) is 15.2. The number of nitrogens with zero attached hydrogens (tertiary/aromatic N) is 6. The van der Waals surface area contributed by atoms with Gasteiger partial charge in [-0.25, -0.2) is 31.3 Å². The van der Waals surface area contributed by atoms with Gasteiger partial charge in [0.1, 0.15) is 10.6 Å². The molecule has 3 saturated heterocycles. The molecule has 4 amide bonds. The Bertz CT molecular complexity index is 3360. The van der Waals surface area contributed by atoms with E-state index in [2.05, 4.69) is 61.2 Å². The van der Waals surface area contributed by atoms with Crippen molar-refractivity contribution in [3.05, 3.63) is 143 Å². The van der Waals surface area contributed by atoms with Gasteiger partial charge in [-0.2, -0.15) is 17.6 Å². The summed E-state index contributed by atoms with van der Waals surface area (Å²) < 4.78 is 115. The number of anilines is 3. The fourth-order valence-corrected chi connectivity index (χ4v) is 13.8. The first-order chi connectivity index (χ1) is 38.5. The van der Waals surface area contributed by atoms with Gasteiger partial charge in [-0.3, -0.25) is 29.6 Å². The number of piperazine rings is 2. The zero-order valence-electron chi connectivity index (χ0n) is 44.9. The second-order valence-corrected chi connectivity index (χ2v) is 26.6. The Morgan fingerprint density at radius 1 is 0.802 bits per heavy atom. The van der Waals surface area contributed by atoms with Crippen molar-refractivity contribution in [2.75, 3.05) is 92.9 Å². The lowest BCUT2D eigenvalue weighted by molar-refractivity contribution is -0.120. The second-order valence-electron chi connectivity index (χ2n) is 21.5. The number of alkyl halides is 3. The number of halogens is 5. The molecule has 432 valence electrons. The highest BCUT2D eigenvalue weighted by Crippen LogP contribution is 2.43. The van der Waals surface area contributed by atoms with E-state index < -0.39 is 70.7 Å². The molecule has 9 rings (SSSR count). The maximum Gasteiger partial charge on any atom is 0.501 e. The van der Waals surface area contributed by atoms with Crippen molar-refractivity contribution in [1.29, 1.82) is 0 Å². The molecule has 24 heteroatoms. The number of sulfone groups is 1. The highest BCUT2D eigenvalue weighted by molar-refractivity contribution is 7.99. The molecule has 0 radical (unpaired) electrons. The minimum atomic E-state index is -6.15. The number of pyridine rings is 1. The van der Waals surface area contributed by atoms with Gasteiger partial charge in [-0.1, -0.05) is 61.4 Å². The molecule has 3 aliphatic heterocycles. The van der Waals surface area contributed by atoms with Crippen molar-refractivity contribution in [3.63, 3.8) is 0 Å². The van der Waals surface area contributed by atoms with E-state index in [1.165, 1.54) is 46.7 Å². The predicted molar refractivity (Wildman–Crippen MR) is 306 cm³/mol. The SMILES string of the molecule is CC1(C)CCC(c2ccc(Cl)cc2)=C(CN2CCN(c3ccc(C(=O)NS(=O)(=O)c4ccc(N[C@H](CCN5CCN(Cc6ccc(N7CCC(=O)NC7=O)c(F)n6)CC5)CSc5ccccc5)c(S(=O)(=O)C(F)(F)F)c4)cc3)CC2)C1. The van der Waals surface area contributed by atoms with Crippen molar-refractivity contribution in [1.82, 2.24) is 29.7 Å². The van der Waals surface area contributed by atoms with Crippen molar-refractivity contribution < 1.29 is 48.8 Å². The standard InChI is InChI=1S/C57H64ClF4N9O7S3/c1-56(2)23-20-48(39-8-12-42(58)13-9-39)41(35-56)36-68-30-32-70(33-31-68)45-15-10-40(11-16-45)54(73)66-81(77,78)47-17-18-49(51(34-47)80(75,76)57(60,61)62)63-44(38-79-46-6-4-3-5-7-46)21-24-67-26-28-69(29-27-67)37-43-14-19-50(53(59)64-43)71-25-22-52(72)65-55(71)74/h3-19,34,44,63H,20-33,35-38H2,1-2H3,(H,66,73)(H,65,72,74)/t44-/m1/s1. The number of urea groups is 1. The minimum Gasteiger partial charge on any atom is -0.380 e. The molecular formula is C57H64ClF4N9O7S3. The summed E-state index contributed by atoms with van der Waals surface area (Å²) in [5.74, 6) is -2.05. The van der Waals surface area contributed by atoms with E-state index in [1.807, 2.05) is 47.2 Å². The normalized spacial score (nSPS) is 18.4. The number of carbonyl (C=O) groups is 3. The average Bonchev–Trinajstić information content (AvgIpc) is 3.54. The van der Waals surface area contributed by atoms with Gasteiger partial charge < -0.3 is 15.1 Å². The quantitative estimate of drug-likeness (QED) is 0.0404. The number of sulfonamides is 1. The van der Waals surface area contributed by atoms with Crippen LogP contribution in [0.5, 0.6) is 0 Å². The number of imide groups is 1. The van der Waals surface area contributed by atoms with Gasteiger partial charge in [0.05, 0.1) is 16.3 Å². The number of carbonyl (C=O) groups excluding carboxylic acids is 3. The van der Waals surface area contributed by atoms with Crippen LogP contribution < -0.4 is 25.2 Å². The van der Waals surface area contributed by atoms with E-state index in [0.717, 1.165) is 66.5 Å². The van der Waals surface area contributed by atoms with E-state index in [4.69, 9.17) is 11.6 Å². The zero-order valence-corrected chi connectivity index (χ0v) is 48.1. The highest BCUT2D eigenvalue weighted by Gasteiger charge is 2.48. The lowest BCUT2D eigenvalue weighted by Gasteiger charge is -2.39. The molecule has 4 aliphatic rings. The van der Waals surface area contributed by atoms with Crippen LogP contribution in [-0.2, 0) is 31.2 Å². The van der Waals surface area contributed by atoms with Crippen LogP contribution in [0, 0.1) is 11.4 Å². The van der Waals surface area contributed by atoms with E-state index in [1.54, 1.807) is 18.2 Å². The van der Waals surface area contributed by atoms with Crippen molar-refractivity contribution in [2.45, 2.75) is 78.7 Å². The van der Waals surface area contributed by atoms with Crippen LogP contribution in [0.25, 0.3) is 5.57 Å². The van der Waals surface area contributed by atoms with Crippen molar-refractivity contribution >= 4 is 83.7 Å². The number of thioether (sulfide) groups is 1. The first-order valence-corrected chi connectivity index (χ1v) is 31.1. The Morgan fingerprint density at radius 3 is 2.14 bits per heavy atom. The molecule has 16 nitrogen and oxygen atoms in total. The molecule has 0 bridgehead atoms. The molecule has 4 heterocycles. The molecular weight excluding hydrogens is 1130 g/mol. The van der Waals surface area contributed by atoms with E-state index in [0.29, 0.717) is 75.6 Å². The summed E-state index contributed by atoms with van der Waals surface area (Å²) in [4.78, 5) is 50.1. The van der Waals surface area contributed by atoms with Gasteiger partial charge in [0.25, 0.3) is 25.8 Å². The average molecular weight is 1190 g/mol. The van der Waals surface area contributed by atoms with Gasteiger partial charge in [0.2, 0.25) is 11.9 Å². The summed E-state index contributed by atoms with van der Waals surface area (Å²) in [5.41, 5.74) is -0.869. The summed E-state index contributed by atoms with van der Waals surface area (Å²) in [6.07, 6.45) is 3.47. The molecule has 0 saturated carbocycles. The Balaban J connectivity index is 0.829. The molecule has 0 spiro atoms. The predicted octanol–water partition coefficient (Wildman–Crippen LogP) is 9.30. The van der Waals surface area contributed by atoms with Gasteiger partial charge in [0.15, 0.2) is 0 Å². The van der Waals surface area contributed by atoms with Gasteiger partial charge in [0, 0.05) is 118 Å². The second kappa shape index (κ2) is 25.2. The van der Waals surface area contributed by atoms with Gasteiger partial charge in [-0.15, -0.1) is 11.8 Å². The van der Waals surface area contributed by atoms with E-state index >= 15 is 4.39 Å². The molecule has 1 atom stereocenters. The number of hydrogen-bond acceptors (Lipinski definition) is 14. The maximum absolute atomic E-state index is 15.1. The van der Waals surface area contributed by atoms with Crippen LogP contribution in [0.15, 0.2) is 129 Å². The lowest BCUT2D eigenvalue weighted by Crippen LogP contribution is -2.50. The van der Waals surface area contributed by atoms with E-state index in [9.17, 15) is 44.4 Å². The summed E-state index contributed by atoms with van der Waals surface area (Å²) in [6, 6.07) is 27.7. The Kier molecular flexibility index (Phi) is 18.5. The van der Waals surface area contributed by atoms with Gasteiger partial charge in [-0.05, 0) is 121 Å². The monoisotopic (exact) mass is 1190 g/mol. The maximum atomic E-state index is 15.1. The number of nitrogens with one attached hydrogen (secondary N) is 3. The largest absolute Gasteiger partial charge is 0.501 e.